The Balaban J connectivity index is 2.13. The van der Waals surface area contributed by atoms with Gasteiger partial charge < -0.3 is 0 Å². The predicted octanol–water partition coefficient (Wildman–Crippen LogP) is 3.73. The maximum atomic E-state index is 6.37. The molecule has 1 aromatic heterocycles. The number of alkyl halides is 1. The molecule has 3 heteroatoms. The van der Waals surface area contributed by atoms with Gasteiger partial charge in [-0.3, -0.25) is 4.68 Å². The van der Waals surface area contributed by atoms with Gasteiger partial charge >= 0.3 is 0 Å². The van der Waals surface area contributed by atoms with Gasteiger partial charge in [-0.05, 0) is 32.3 Å². The molecule has 0 bridgehead atoms. The average Bonchev–Trinajstić information content (AvgIpc) is 2.67. The topological polar surface area (TPSA) is 17.8 Å². The zero-order chi connectivity index (χ0) is 10.8. The van der Waals surface area contributed by atoms with E-state index in [1.54, 1.807) is 0 Å². The van der Waals surface area contributed by atoms with Crippen LogP contribution >= 0.6 is 11.6 Å². The summed E-state index contributed by atoms with van der Waals surface area (Å²) >= 11 is 6.37. The van der Waals surface area contributed by atoms with Crippen LogP contribution in [0.15, 0.2) is 12.4 Å². The number of halogens is 1. The minimum Gasteiger partial charge on any atom is -0.270 e. The molecule has 1 heterocycles. The van der Waals surface area contributed by atoms with Crippen molar-refractivity contribution >= 4 is 11.6 Å². The quantitative estimate of drug-likeness (QED) is 0.703. The Bertz CT molecular complexity index is 319. The van der Waals surface area contributed by atoms with Crippen molar-refractivity contribution < 1.29 is 0 Å². The molecule has 2 nitrogen and oxygen atoms in total. The Morgan fingerprint density at radius 1 is 1.40 bits per heavy atom. The Morgan fingerprint density at radius 2 is 2.13 bits per heavy atom. The first-order chi connectivity index (χ1) is 7.18. The van der Waals surface area contributed by atoms with Gasteiger partial charge in [-0.2, -0.15) is 5.10 Å². The van der Waals surface area contributed by atoms with E-state index in [0.29, 0.717) is 17.3 Å². The highest BCUT2D eigenvalue weighted by Crippen LogP contribution is 2.36. The van der Waals surface area contributed by atoms with E-state index >= 15 is 0 Å². The SMILES string of the molecule is CC(C)n1cc(C2CCCCC2Cl)cn1. The van der Waals surface area contributed by atoms with Crippen LogP contribution in [0.3, 0.4) is 0 Å². The highest BCUT2D eigenvalue weighted by atomic mass is 35.5. The summed E-state index contributed by atoms with van der Waals surface area (Å²) in [6.07, 6.45) is 9.11. The molecule has 2 unspecified atom stereocenters. The predicted molar refractivity (Wildman–Crippen MR) is 63.5 cm³/mol. The van der Waals surface area contributed by atoms with Crippen molar-refractivity contribution in [3.63, 3.8) is 0 Å². The van der Waals surface area contributed by atoms with Gasteiger partial charge in [0.2, 0.25) is 0 Å². The third-order valence-electron chi connectivity index (χ3n) is 3.26. The lowest BCUT2D eigenvalue weighted by Gasteiger charge is -2.25. The molecule has 2 atom stereocenters. The summed E-state index contributed by atoms with van der Waals surface area (Å²) in [5.41, 5.74) is 1.32. The number of hydrogen-bond donors (Lipinski definition) is 0. The molecule has 0 saturated heterocycles. The fourth-order valence-corrected chi connectivity index (χ4v) is 2.71. The first-order valence-electron chi connectivity index (χ1n) is 5.86. The minimum atomic E-state index is 0.309. The molecule has 1 aliphatic carbocycles. The van der Waals surface area contributed by atoms with E-state index in [-0.39, 0.29) is 0 Å². The van der Waals surface area contributed by atoms with Gasteiger partial charge in [-0.25, -0.2) is 0 Å². The molecule has 15 heavy (non-hydrogen) atoms. The maximum absolute atomic E-state index is 6.37. The molecule has 1 fully saturated rings. The van der Waals surface area contributed by atoms with Crippen molar-refractivity contribution in [2.24, 2.45) is 0 Å². The van der Waals surface area contributed by atoms with E-state index in [1.165, 1.54) is 24.8 Å². The summed E-state index contributed by atoms with van der Waals surface area (Å²) in [4.78, 5) is 0. The standard InChI is InChI=1S/C12H19ClN2/c1-9(2)15-8-10(7-14-15)11-5-3-4-6-12(11)13/h7-9,11-12H,3-6H2,1-2H3. The van der Waals surface area contributed by atoms with E-state index in [2.05, 4.69) is 25.1 Å². The molecule has 2 rings (SSSR count). The van der Waals surface area contributed by atoms with Crippen LogP contribution in [0.4, 0.5) is 0 Å². The van der Waals surface area contributed by atoms with Gasteiger partial charge in [0.05, 0.1) is 6.20 Å². The second-order valence-electron chi connectivity index (χ2n) is 4.75. The van der Waals surface area contributed by atoms with Crippen LogP contribution in [0, 0.1) is 0 Å². The molecule has 1 aromatic rings. The lowest BCUT2D eigenvalue weighted by atomic mass is 9.85. The van der Waals surface area contributed by atoms with Crippen LogP contribution in [0.2, 0.25) is 0 Å². The lowest BCUT2D eigenvalue weighted by molar-refractivity contribution is 0.449. The Labute approximate surface area is 96.6 Å². The lowest BCUT2D eigenvalue weighted by Crippen LogP contribution is -2.17. The molecule has 0 aliphatic heterocycles. The zero-order valence-electron chi connectivity index (χ0n) is 9.49. The zero-order valence-corrected chi connectivity index (χ0v) is 10.2. The Morgan fingerprint density at radius 3 is 2.73 bits per heavy atom. The number of hydrogen-bond acceptors (Lipinski definition) is 1. The number of rotatable bonds is 2. The van der Waals surface area contributed by atoms with Crippen LogP contribution < -0.4 is 0 Å². The Kier molecular flexibility index (Phi) is 3.35. The summed E-state index contributed by atoms with van der Waals surface area (Å²) in [5.74, 6) is 0.521. The normalized spacial score (nSPS) is 27.2. The molecular weight excluding hydrogens is 208 g/mol. The maximum Gasteiger partial charge on any atom is 0.0525 e. The van der Waals surface area contributed by atoms with Gasteiger partial charge in [0.1, 0.15) is 0 Å². The van der Waals surface area contributed by atoms with Gasteiger partial charge in [-0.1, -0.05) is 12.8 Å². The van der Waals surface area contributed by atoms with Crippen LogP contribution in [0.1, 0.15) is 57.1 Å². The highest BCUT2D eigenvalue weighted by Gasteiger charge is 2.25. The highest BCUT2D eigenvalue weighted by molar-refractivity contribution is 6.21. The van der Waals surface area contributed by atoms with Crippen molar-refractivity contribution in [1.29, 1.82) is 0 Å². The number of nitrogens with zero attached hydrogens (tertiary/aromatic N) is 2. The third kappa shape index (κ3) is 2.36. The van der Waals surface area contributed by atoms with Gasteiger partial charge in [0.15, 0.2) is 0 Å². The molecule has 1 saturated carbocycles. The van der Waals surface area contributed by atoms with E-state index in [1.807, 2.05) is 10.9 Å². The Hall–Kier alpha value is -0.500. The fraction of sp³-hybridized carbons (Fsp3) is 0.750. The van der Waals surface area contributed by atoms with Crippen molar-refractivity contribution in [1.82, 2.24) is 9.78 Å². The first kappa shape index (κ1) is 11.0. The second kappa shape index (κ2) is 4.56. The monoisotopic (exact) mass is 226 g/mol. The third-order valence-corrected chi connectivity index (χ3v) is 3.78. The van der Waals surface area contributed by atoms with E-state index < -0.39 is 0 Å². The molecule has 1 aliphatic rings. The summed E-state index contributed by atoms with van der Waals surface area (Å²) in [6.45, 7) is 4.30. The van der Waals surface area contributed by atoms with Crippen molar-refractivity contribution in [3.8, 4) is 0 Å². The van der Waals surface area contributed by atoms with Crippen molar-refractivity contribution in [2.75, 3.05) is 0 Å². The molecule has 0 N–H and O–H groups in total. The van der Waals surface area contributed by atoms with Gasteiger partial charge in [-0.15, -0.1) is 11.6 Å². The minimum absolute atomic E-state index is 0.309. The van der Waals surface area contributed by atoms with Crippen LogP contribution in [0.5, 0.6) is 0 Å². The van der Waals surface area contributed by atoms with Crippen LogP contribution in [-0.4, -0.2) is 15.2 Å². The van der Waals surface area contributed by atoms with Crippen molar-refractivity contribution in [3.05, 3.63) is 18.0 Å². The van der Waals surface area contributed by atoms with Gasteiger partial charge in [0.25, 0.3) is 0 Å². The summed E-state index contributed by atoms with van der Waals surface area (Å²) in [7, 11) is 0. The van der Waals surface area contributed by atoms with Crippen LogP contribution in [-0.2, 0) is 0 Å². The van der Waals surface area contributed by atoms with Crippen LogP contribution in [0.25, 0.3) is 0 Å². The molecule has 0 aromatic carbocycles. The van der Waals surface area contributed by atoms with E-state index in [0.717, 1.165) is 6.42 Å². The first-order valence-corrected chi connectivity index (χ1v) is 6.30. The van der Waals surface area contributed by atoms with E-state index in [9.17, 15) is 0 Å². The molecule has 0 spiro atoms. The van der Waals surface area contributed by atoms with Crippen molar-refractivity contribution in [2.45, 2.75) is 56.9 Å². The summed E-state index contributed by atoms with van der Waals surface area (Å²) in [5, 5.41) is 4.69. The second-order valence-corrected chi connectivity index (χ2v) is 5.31. The van der Waals surface area contributed by atoms with E-state index in [4.69, 9.17) is 11.6 Å². The number of aromatic nitrogens is 2. The molecule has 0 radical (unpaired) electrons. The molecule has 0 amide bonds. The molecular formula is C12H19ClN2. The smallest absolute Gasteiger partial charge is 0.0525 e. The van der Waals surface area contributed by atoms with Gasteiger partial charge in [0, 0.05) is 23.5 Å². The molecule has 84 valence electrons. The summed E-state index contributed by atoms with van der Waals surface area (Å²) in [6, 6.07) is 0.441. The largest absolute Gasteiger partial charge is 0.270 e. The fourth-order valence-electron chi connectivity index (χ4n) is 2.29. The average molecular weight is 227 g/mol. The summed E-state index contributed by atoms with van der Waals surface area (Å²) < 4.78 is 2.02.